The van der Waals surface area contributed by atoms with Crippen molar-refractivity contribution in [3.8, 4) is 0 Å². The summed E-state index contributed by atoms with van der Waals surface area (Å²) in [6.07, 6.45) is 0.518. The van der Waals surface area contributed by atoms with Crippen LogP contribution in [0.4, 0.5) is 4.79 Å². The first-order chi connectivity index (χ1) is 10.2. The Hall–Kier alpha value is -0.970. The minimum Gasteiger partial charge on any atom is -0.444 e. The van der Waals surface area contributed by atoms with Crippen molar-refractivity contribution >= 4 is 29.3 Å². The molecular weight excluding hydrogens is 323 g/mol. The Kier molecular flexibility index (Phi) is 5.25. The Bertz CT molecular complexity index is 558. The van der Waals surface area contributed by atoms with Crippen molar-refractivity contribution in [1.29, 1.82) is 0 Å². The molecule has 2 rings (SSSR count). The highest BCUT2D eigenvalue weighted by Crippen LogP contribution is 2.36. The van der Waals surface area contributed by atoms with Crippen LogP contribution in [0.3, 0.4) is 0 Å². The van der Waals surface area contributed by atoms with Gasteiger partial charge in [-0.15, -0.1) is 0 Å². The maximum atomic E-state index is 12.3. The molecule has 2 atom stereocenters. The number of benzene rings is 1. The molecule has 0 bridgehead atoms. The summed E-state index contributed by atoms with van der Waals surface area (Å²) in [7, 11) is 0. The zero-order chi connectivity index (χ0) is 16.5. The van der Waals surface area contributed by atoms with E-state index in [-0.39, 0.29) is 18.1 Å². The lowest BCUT2D eigenvalue weighted by molar-refractivity contribution is 0.0226. The molecular formula is C16H22Cl2N2O2. The van der Waals surface area contributed by atoms with Gasteiger partial charge in [0, 0.05) is 19.0 Å². The first-order valence-corrected chi connectivity index (χ1v) is 8.13. The molecule has 1 aromatic carbocycles. The number of halogens is 2. The second kappa shape index (κ2) is 6.65. The lowest BCUT2D eigenvalue weighted by atomic mass is 9.92. The van der Waals surface area contributed by atoms with E-state index in [1.165, 1.54) is 0 Å². The van der Waals surface area contributed by atoms with E-state index < -0.39 is 5.60 Å². The molecule has 1 fully saturated rings. The predicted molar refractivity (Wildman–Crippen MR) is 89.6 cm³/mol. The maximum Gasteiger partial charge on any atom is 0.410 e. The molecule has 122 valence electrons. The molecule has 0 unspecified atom stereocenters. The number of hydrogen-bond acceptors (Lipinski definition) is 3. The van der Waals surface area contributed by atoms with E-state index in [1.807, 2.05) is 32.9 Å². The van der Waals surface area contributed by atoms with Crippen LogP contribution in [0.5, 0.6) is 0 Å². The van der Waals surface area contributed by atoms with Crippen molar-refractivity contribution in [1.82, 2.24) is 4.90 Å². The molecule has 6 heteroatoms. The van der Waals surface area contributed by atoms with Crippen LogP contribution in [0.2, 0.25) is 10.0 Å². The summed E-state index contributed by atoms with van der Waals surface area (Å²) in [4.78, 5) is 14.0. The van der Waals surface area contributed by atoms with E-state index in [4.69, 9.17) is 33.7 Å². The number of likely N-dealkylation sites (tertiary alicyclic amines) is 1. The van der Waals surface area contributed by atoms with Gasteiger partial charge in [-0.2, -0.15) is 0 Å². The minimum absolute atomic E-state index is 0.0907. The van der Waals surface area contributed by atoms with Gasteiger partial charge in [-0.05, 0) is 44.9 Å². The third-order valence-corrected chi connectivity index (χ3v) is 4.53. The fourth-order valence-corrected chi connectivity index (χ4v) is 3.13. The summed E-state index contributed by atoms with van der Waals surface area (Å²) in [5, 5.41) is 1.04. The van der Waals surface area contributed by atoms with Gasteiger partial charge in [0.05, 0.1) is 16.1 Å². The van der Waals surface area contributed by atoms with Crippen LogP contribution < -0.4 is 5.73 Å². The van der Waals surface area contributed by atoms with Crippen LogP contribution >= 0.6 is 23.2 Å². The Morgan fingerprint density at radius 3 is 2.59 bits per heavy atom. The second-order valence-corrected chi connectivity index (χ2v) is 7.36. The molecule has 1 aliphatic heterocycles. The maximum absolute atomic E-state index is 12.3. The fraction of sp³-hybridized carbons (Fsp3) is 0.562. The largest absolute Gasteiger partial charge is 0.444 e. The summed E-state index contributed by atoms with van der Waals surface area (Å²) in [6, 6.07) is 5.49. The van der Waals surface area contributed by atoms with Crippen LogP contribution in [-0.4, -0.2) is 35.7 Å². The number of carbonyl (C=O) groups excluding carboxylic acids is 1. The molecule has 1 aliphatic rings. The van der Waals surface area contributed by atoms with Crippen LogP contribution in [0.15, 0.2) is 18.2 Å². The van der Waals surface area contributed by atoms with Crippen LogP contribution in [0, 0.1) is 0 Å². The molecule has 2 N–H and O–H groups in total. The Balaban J connectivity index is 2.18. The van der Waals surface area contributed by atoms with E-state index in [2.05, 4.69) is 0 Å². The van der Waals surface area contributed by atoms with Crippen molar-refractivity contribution in [2.45, 2.75) is 44.8 Å². The van der Waals surface area contributed by atoms with Gasteiger partial charge in [0.1, 0.15) is 5.60 Å². The van der Waals surface area contributed by atoms with Gasteiger partial charge in [0.25, 0.3) is 0 Å². The lowest BCUT2D eigenvalue weighted by Gasteiger charge is -2.30. The van der Waals surface area contributed by atoms with Gasteiger partial charge in [-0.1, -0.05) is 29.3 Å². The molecule has 1 heterocycles. The Morgan fingerprint density at radius 2 is 2.05 bits per heavy atom. The first kappa shape index (κ1) is 17.4. The monoisotopic (exact) mass is 344 g/mol. The van der Waals surface area contributed by atoms with Gasteiger partial charge in [0.2, 0.25) is 0 Å². The highest BCUT2D eigenvalue weighted by molar-refractivity contribution is 6.42. The zero-order valence-electron chi connectivity index (χ0n) is 13.1. The second-order valence-electron chi connectivity index (χ2n) is 6.55. The number of carbonyl (C=O) groups is 1. The van der Waals surface area contributed by atoms with Gasteiger partial charge in [0.15, 0.2) is 0 Å². The molecule has 0 aliphatic carbocycles. The number of hydrogen-bond donors (Lipinski definition) is 1. The van der Waals surface area contributed by atoms with E-state index >= 15 is 0 Å². The van der Waals surface area contributed by atoms with Gasteiger partial charge >= 0.3 is 6.09 Å². The summed E-state index contributed by atoms with van der Waals surface area (Å²) in [5.74, 6) is 0.146. The van der Waals surface area contributed by atoms with Crippen molar-refractivity contribution < 1.29 is 9.53 Å². The van der Waals surface area contributed by atoms with Crippen molar-refractivity contribution in [2.75, 3.05) is 13.1 Å². The fourth-order valence-electron chi connectivity index (χ4n) is 2.82. The van der Waals surface area contributed by atoms with Crippen molar-refractivity contribution in [2.24, 2.45) is 5.73 Å². The number of nitrogens with zero attached hydrogens (tertiary/aromatic N) is 1. The molecule has 1 saturated heterocycles. The molecule has 1 aromatic rings. The highest BCUT2D eigenvalue weighted by atomic mass is 35.5. The van der Waals surface area contributed by atoms with Crippen molar-refractivity contribution in [3.05, 3.63) is 33.8 Å². The minimum atomic E-state index is -0.516. The van der Waals surface area contributed by atoms with E-state index in [0.29, 0.717) is 23.1 Å². The quantitative estimate of drug-likeness (QED) is 0.880. The molecule has 0 radical (unpaired) electrons. The number of ether oxygens (including phenoxy) is 1. The average Bonchev–Trinajstić information content (AvgIpc) is 2.83. The summed E-state index contributed by atoms with van der Waals surface area (Å²) < 4.78 is 5.47. The zero-order valence-corrected chi connectivity index (χ0v) is 14.6. The topological polar surface area (TPSA) is 55.6 Å². The number of nitrogens with two attached hydrogens (primary N) is 1. The normalized spacial score (nSPS) is 22.0. The molecule has 0 saturated carbocycles. The van der Waals surface area contributed by atoms with Crippen LogP contribution in [-0.2, 0) is 4.74 Å². The average molecular weight is 345 g/mol. The molecule has 22 heavy (non-hydrogen) atoms. The third-order valence-electron chi connectivity index (χ3n) is 3.79. The van der Waals surface area contributed by atoms with Gasteiger partial charge < -0.3 is 15.4 Å². The summed E-state index contributed by atoms with van der Waals surface area (Å²) in [5.41, 5.74) is 6.45. The number of rotatable bonds is 2. The first-order valence-electron chi connectivity index (χ1n) is 7.37. The van der Waals surface area contributed by atoms with Crippen LogP contribution in [0.1, 0.15) is 38.7 Å². The molecule has 0 spiro atoms. The molecule has 1 amide bonds. The van der Waals surface area contributed by atoms with Crippen molar-refractivity contribution in [3.63, 3.8) is 0 Å². The highest BCUT2D eigenvalue weighted by Gasteiger charge is 2.39. The molecule has 0 aromatic heterocycles. The lowest BCUT2D eigenvalue weighted by Crippen LogP contribution is -2.44. The Morgan fingerprint density at radius 1 is 1.36 bits per heavy atom. The molecule has 4 nitrogen and oxygen atoms in total. The number of amides is 1. The predicted octanol–water partition coefficient (Wildman–Crippen LogP) is 4.05. The van der Waals surface area contributed by atoms with Crippen LogP contribution in [0.25, 0.3) is 0 Å². The SMILES string of the molecule is CC(C)(C)OC(=O)N1CC[C@@H](c2ccc(Cl)c(Cl)c2)[C@H]1CN. The van der Waals surface area contributed by atoms with Gasteiger partial charge in [-0.25, -0.2) is 4.79 Å². The summed E-state index contributed by atoms with van der Waals surface area (Å²) in [6.45, 7) is 6.57. The van der Waals surface area contributed by atoms with Gasteiger partial charge in [-0.3, -0.25) is 0 Å². The third kappa shape index (κ3) is 3.86. The Labute approximate surface area is 141 Å². The van der Waals surface area contributed by atoms with E-state index in [9.17, 15) is 4.79 Å². The smallest absolute Gasteiger partial charge is 0.410 e. The van der Waals surface area contributed by atoms with E-state index in [1.54, 1.807) is 11.0 Å². The van der Waals surface area contributed by atoms with E-state index in [0.717, 1.165) is 12.0 Å². The summed E-state index contributed by atoms with van der Waals surface area (Å²) >= 11 is 12.1. The standard InChI is InChI=1S/C16H22Cl2N2O2/c1-16(2,3)22-15(21)20-7-6-11(14(20)9-19)10-4-5-12(17)13(18)8-10/h4-5,8,11,14H,6-7,9,19H2,1-3H3/t11-,14+/m0/s1.